The normalized spacial score (nSPS) is 47.7. The van der Waals surface area contributed by atoms with Crippen LogP contribution in [0.5, 0.6) is 0 Å². The van der Waals surface area contributed by atoms with E-state index in [9.17, 15) is 9.59 Å². The summed E-state index contributed by atoms with van der Waals surface area (Å²) >= 11 is 0. The second-order valence-corrected chi connectivity index (χ2v) is 11.0. The maximum absolute atomic E-state index is 13.3. The lowest BCUT2D eigenvalue weighted by Crippen LogP contribution is -2.56. The maximum atomic E-state index is 13.3. The van der Waals surface area contributed by atoms with Crippen LogP contribution in [0.15, 0.2) is 0 Å². The minimum Gasteiger partial charge on any atom is -0.481 e. The Kier molecular flexibility index (Phi) is 4.96. The zero-order valence-electron chi connectivity index (χ0n) is 17.5. The lowest BCUT2D eigenvalue weighted by Gasteiger charge is -2.60. The van der Waals surface area contributed by atoms with E-state index in [-0.39, 0.29) is 13.3 Å². The molecule has 4 rings (SSSR count). The first-order valence-corrected chi connectivity index (χ1v) is 11.5. The Morgan fingerprint density at radius 1 is 1.11 bits per heavy atom. The van der Waals surface area contributed by atoms with Crippen molar-refractivity contribution in [1.29, 1.82) is 0 Å². The molecule has 4 fully saturated rings. The Hall–Kier alpha value is -0.860. The number of Topliss-reactive ketones (excluding diaryl/α,β-unsaturated/α-hetero) is 1. The molecule has 4 aliphatic carbocycles. The van der Waals surface area contributed by atoms with Gasteiger partial charge in [0.15, 0.2) is 0 Å². The SMILES string of the molecule is C[C@H](CCC(=O)O)C1CCC2C3C(=O)CC4CCCCC4(C)C3CCC21C.[HH]. The summed E-state index contributed by atoms with van der Waals surface area (Å²) in [6, 6.07) is 0. The average molecular weight is 377 g/mol. The van der Waals surface area contributed by atoms with Crippen molar-refractivity contribution in [2.24, 2.45) is 46.3 Å². The molecule has 8 atom stereocenters. The van der Waals surface area contributed by atoms with Crippen LogP contribution in [0.3, 0.4) is 0 Å². The number of hydrogen-bond acceptors (Lipinski definition) is 2. The van der Waals surface area contributed by atoms with E-state index in [1.165, 1.54) is 51.4 Å². The van der Waals surface area contributed by atoms with Crippen LogP contribution in [-0.4, -0.2) is 16.9 Å². The molecule has 0 aliphatic heterocycles. The zero-order chi connectivity index (χ0) is 19.4. The number of carbonyl (C=O) groups is 2. The molecule has 4 aliphatic rings. The van der Waals surface area contributed by atoms with Crippen molar-refractivity contribution >= 4 is 11.8 Å². The van der Waals surface area contributed by atoms with Gasteiger partial charge in [-0.05, 0) is 85.4 Å². The average Bonchev–Trinajstić information content (AvgIpc) is 2.97. The van der Waals surface area contributed by atoms with Gasteiger partial charge in [0.2, 0.25) is 0 Å². The van der Waals surface area contributed by atoms with Crippen molar-refractivity contribution in [3.8, 4) is 0 Å². The van der Waals surface area contributed by atoms with Gasteiger partial charge < -0.3 is 5.11 Å². The summed E-state index contributed by atoms with van der Waals surface area (Å²) in [5.74, 6) is 3.02. The lowest BCUT2D eigenvalue weighted by atomic mass is 9.44. The van der Waals surface area contributed by atoms with Crippen molar-refractivity contribution in [3.05, 3.63) is 0 Å². The molecule has 0 aromatic rings. The largest absolute Gasteiger partial charge is 0.481 e. The van der Waals surface area contributed by atoms with Gasteiger partial charge in [-0.3, -0.25) is 9.59 Å². The monoisotopic (exact) mass is 376 g/mol. The number of hydrogen-bond donors (Lipinski definition) is 1. The highest BCUT2D eigenvalue weighted by atomic mass is 16.4. The van der Waals surface area contributed by atoms with Gasteiger partial charge in [0.25, 0.3) is 0 Å². The number of ketones is 1. The molecule has 0 aromatic heterocycles. The number of carboxylic acids is 1. The summed E-state index contributed by atoms with van der Waals surface area (Å²) in [5, 5.41) is 9.08. The maximum Gasteiger partial charge on any atom is 0.303 e. The van der Waals surface area contributed by atoms with E-state index in [0.717, 1.165) is 12.8 Å². The molecule has 0 bridgehead atoms. The van der Waals surface area contributed by atoms with Crippen molar-refractivity contribution < 1.29 is 16.1 Å². The molecule has 0 aromatic carbocycles. The van der Waals surface area contributed by atoms with Crippen molar-refractivity contribution in [2.75, 3.05) is 0 Å². The molecule has 3 nitrogen and oxygen atoms in total. The van der Waals surface area contributed by atoms with Gasteiger partial charge in [0, 0.05) is 20.2 Å². The number of carboxylic acid groups (broad SMARTS) is 1. The Morgan fingerprint density at radius 2 is 1.85 bits per heavy atom. The summed E-state index contributed by atoms with van der Waals surface area (Å²) < 4.78 is 0. The number of fused-ring (bicyclic) bond motifs is 5. The van der Waals surface area contributed by atoms with Crippen molar-refractivity contribution in [2.45, 2.75) is 91.4 Å². The highest BCUT2D eigenvalue weighted by Gasteiger charge is 2.62. The number of carbonyl (C=O) groups excluding carboxylic acids is 1. The Balaban J connectivity index is 0.00000225. The predicted octanol–water partition coefficient (Wildman–Crippen LogP) is 5.96. The van der Waals surface area contributed by atoms with Crippen molar-refractivity contribution in [3.63, 3.8) is 0 Å². The summed E-state index contributed by atoms with van der Waals surface area (Å²) in [6.07, 6.45) is 12.0. The lowest BCUT2D eigenvalue weighted by molar-refractivity contribution is -0.156. The third-order valence-corrected chi connectivity index (χ3v) is 9.96. The highest BCUT2D eigenvalue weighted by Crippen LogP contribution is 2.67. The highest BCUT2D eigenvalue weighted by molar-refractivity contribution is 5.83. The fourth-order valence-electron chi connectivity index (χ4n) is 8.49. The Morgan fingerprint density at radius 3 is 2.59 bits per heavy atom. The molecule has 27 heavy (non-hydrogen) atoms. The Bertz CT molecular complexity index is 619. The third-order valence-electron chi connectivity index (χ3n) is 9.96. The second-order valence-electron chi connectivity index (χ2n) is 11.0. The summed E-state index contributed by atoms with van der Waals surface area (Å²) in [4.78, 5) is 24.4. The molecule has 1 N–H and O–H groups in total. The first kappa shape index (κ1) is 19.5. The van der Waals surface area contributed by atoms with E-state index in [1.807, 2.05) is 0 Å². The first-order chi connectivity index (χ1) is 12.8. The first-order valence-electron chi connectivity index (χ1n) is 11.5. The van der Waals surface area contributed by atoms with Gasteiger partial charge in [0.05, 0.1) is 0 Å². The molecule has 0 amide bonds. The van der Waals surface area contributed by atoms with Gasteiger partial charge in [0.1, 0.15) is 5.78 Å². The van der Waals surface area contributed by atoms with E-state index in [0.29, 0.717) is 46.7 Å². The smallest absolute Gasteiger partial charge is 0.303 e. The van der Waals surface area contributed by atoms with Gasteiger partial charge in [-0.15, -0.1) is 0 Å². The quantitative estimate of drug-likeness (QED) is 0.658. The molecular weight excluding hydrogens is 336 g/mol. The molecular formula is C24H40O3. The van der Waals surface area contributed by atoms with Crippen molar-refractivity contribution in [1.82, 2.24) is 0 Å². The summed E-state index contributed by atoms with van der Waals surface area (Å²) in [6.45, 7) is 7.23. The van der Waals surface area contributed by atoms with E-state index in [4.69, 9.17) is 5.11 Å². The van der Waals surface area contributed by atoms with E-state index >= 15 is 0 Å². The molecule has 154 valence electrons. The molecule has 0 radical (unpaired) electrons. The van der Waals surface area contributed by atoms with Crippen LogP contribution in [0.4, 0.5) is 0 Å². The number of rotatable bonds is 4. The Labute approximate surface area is 166 Å². The zero-order valence-corrected chi connectivity index (χ0v) is 17.5. The van der Waals surface area contributed by atoms with Crippen LogP contribution < -0.4 is 0 Å². The minimum atomic E-state index is -0.677. The van der Waals surface area contributed by atoms with Gasteiger partial charge in [-0.1, -0.05) is 33.6 Å². The molecule has 4 saturated carbocycles. The van der Waals surface area contributed by atoms with Crippen LogP contribution >= 0.6 is 0 Å². The summed E-state index contributed by atoms with van der Waals surface area (Å²) in [7, 11) is 0. The second kappa shape index (κ2) is 6.88. The fraction of sp³-hybridized carbons (Fsp3) is 0.917. The van der Waals surface area contributed by atoms with Gasteiger partial charge >= 0.3 is 5.97 Å². The van der Waals surface area contributed by atoms with Crippen LogP contribution in [0, 0.1) is 46.3 Å². The number of aliphatic carboxylic acids is 1. The van der Waals surface area contributed by atoms with E-state index < -0.39 is 5.97 Å². The van der Waals surface area contributed by atoms with Crippen LogP contribution in [0.1, 0.15) is 92.8 Å². The van der Waals surface area contributed by atoms with Gasteiger partial charge in [-0.25, -0.2) is 0 Å². The summed E-state index contributed by atoms with van der Waals surface area (Å²) in [5.41, 5.74) is 0.637. The molecule has 0 spiro atoms. The third kappa shape index (κ3) is 2.99. The predicted molar refractivity (Wildman–Crippen MR) is 108 cm³/mol. The standard InChI is InChI=1S/C24H38O3.H2/c1-15(7-10-21(26)27)17-8-9-18-22-19(11-13-24(17,18)3)23(2)12-5-4-6-16(23)14-20(22)25;/h15-19,22H,4-14H2,1-3H3,(H,26,27);1H/t15-,16?,17?,18?,19?,22?,23?,24?;/m1./s1. The fourth-order valence-corrected chi connectivity index (χ4v) is 8.49. The van der Waals surface area contributed by atoms with E-state index in [1.54, 1.807) is 0 Å². The van der Waals surface area contributed by atoms with Crippen LogP contribution in [-0.2, 0) is 9.59 Å². The topological polar surface area (TPSA) is 54.4 Å². The molecule has 0 saturated heterocycles. The minimum absolute atomic E-state index is 0. The van der Waals surface area contributed by atoms with E-state index in [2.05, 4.69) is 20.8 Å². The molecule has 7 unspecified atom stereocenters. The molecule has 3 heteroatoms. The van der Waals surface area contributed by atoms with Gasteiger partial charge in [-0.2, -0.15) is 0 Å². The van der Waals surface area contributed by atoms with Crippen LogP contribution in [0.25, 0.3) is 0 Å². The molecule has 0 heterocycles. The van der Waals surface area contributed by atoms with Crippen LogP contribution in [0.2, 0.25) is 0 Å².